The van der Waals surface area contributed by atoms with Crippen molar-refractivity contribution in [2.45, 2.75) is 58.3 Å². The van der Waals surface area contributed by atoms with Crippen LogP contribution in [0.25, 0.3) is 0 Å². The second-order valence-corrected chi connectivity index (χ2v) is 5.31. The highest BCUT2D eigenvalue weighted by atomic mass is 16.5. The van der Waals surface area contributed by atoms with Gasteiger partial charge in [0.15, 0.2) is 0 Å². The van der Waals surface area contributed by atoms with Crippen molar-refractivity contribution in [3.8, 4) is 0 Å². The smallest absolute Gasteiger partial charge is 0.254 e. The van der Waals surface area contributed by atoms with Crippen molar-refractivity contribution < 1.29 is 9.53 Å². The van der Waals surface area contributed by atoms with Crippen LogP contribution in [0.15, 0.2) is 0 Å². The van der Waals surface area contributed by atoms with Gasteiger partial charge in [-0.25, -0.2) is 0 Å². The first-order chi connectivity index (χ1) is 7.33. The Bertz CT molecular complexity index is 243. The van der Waals surface area contributed by atoms with Crippen molar-refractivity contribution in [2.24, 2.45) is 5.73 Å². The first-order valence-corrected chi connectivity index (χ1v) is 6.05. The minimum absolute atomic E-state index is 0.0611. The molecule has 1 saturated heterocycles. The number of piperidine rings is 1. The molecule has 0 aromatic heterocycles. The third kappa shape index (κ3) is 3.46. The van der Waals surface area contributed by atoms with E-state index in [-0.39, 0.29) is 18.1 Å². The molecule has 0 spiro atoms. The Kier molecular flexibility index (Phi) is 4.33. The number of likely N-dealkylation sites (tertiary alicyclic amines) is 1. The highest BCUT2D eigenvalue weighted by molar-refractivity contribution is 5.84. The number of hydrogen-bond donors (Lipinski definition) is 1. The Morgan fingerprint density at radius 2 is 1.88 bits per heavy atom. The van der Waals surface area contributed by atoms with Crippen LogP contribution >= 0.6 is 0 Å². The molecule has 4 nitrogen and oxygen atoms in total. The van der Waals surface area contributed by atoms with Crippen molar-refractivity contribution in [2.75, 3.05) is 13.1 Å². The fraction of sp³-hybridized carbons (Fsp3) is 0.917. The summed E-state index contributed by atoms with van der Waals surface area (Å²) in [7, 11) is 0. The van der Waals surface area contributed by atoms with E-state index in [0.29, 0.717) is 0 Å². The highest BCUT2D eigenvalue weighted by Crippen LogP contribution is 2.19. The van der Waals surface area contributed by atoms with Gasteiger partial charge in [0.1, 0.15) is 5.60 Å². The molecule has 0 aromatic rings. The summed E-state index contributed by atoms with van der Waals surface area (Å²) in [5.74, 6) is 0.0769. The molecule has 1 amide bonds. The number of ether oxygens (including phenoxy) is 1. The third-order valence-corrected chi connectivity index (χ3v) is 2.87. The largest absolute Gasteiger partial charge is 0.363 e. The van der Waals surface area contributed by atoms with Crippen molar-refractivity contribution in [3.63, 3.8) is 0 Å². The van der Waals surface area contributed by atoms with Crippen LogP contribution in [0.3, 0.4) is 0 Å². The lowest BCUT2D eigenvalue weighted by Gasteiger charge is -2.36. The van der Waals surface area contributed by atoms with E-state index in [1.165, 1.54) is 0 Å². The van der Waals surface area contributed by atoms with E-state index in [4.69, 9.17) is 10.5 Å². The summed E-state index contributed by atoms with van der Waals surface area (Å²) in [6.07, 6.45) is 1.85. The molecule has 0 bridgehead atoms. The van der Waals surface area contributed by atoms with E-state index < -0.39 is 5.60 Å². The Hall–Kier alpha value is -0.610. The summed E-state index contributed by atoms with van der Waals surface area (Å²) >= 11 is 0. The summed E-state index contributed by atoms with van der Waals surface area (Å²) in [6.45, 7) is 9.08. The van der Waals surface area contributed by atoms with Crippen molar-refractivity contribution in [1.29, 1.82) is 0 Å². The third-order valence-electron chi connectivity index (χ3n) is 2.87. The molecular formula is C12H24N2O2. The number of carbonyl (C=O) groups excluding carboxylic acids is 1. The lowest BCUT2D eigenvalue weighted by Crippen LogP contribution is -2.52. The van der Waals surface area contributed by atoms with E-state index in [1.54, 1.807) is 0 Å². The molecule has 2 N–H and O–H groups in total. The summed E-state index contributed by atoms with van der Waals surface area (Å²) < 4.78 is 5.66. The second-order valence-electron chi connectivity index (χ2n) is 5.31. The van der Waals surface area contributed by atoms with Gasteiger partial charge in [-0.3, -0.25) is 4.79 Å². The van der Waals surface area contributed by atoms with E-state index in [9.17, 15) is 4.79 Å². The van der Waals surface area contributed by atoms with Crippen LogP contribution in [0.4, 0.5) is 0 Å². The lowest BCUT2D eigenvalue weighted by atomic mass is 10.0. The Morgan fingerprint density at radius 3 is 2.31 bits per heavy atom. The minimum Gasteiger partial charge on any atom is -0.363 e. The maximum atomic E-state index is 12.2. The number of rotatable bonds is 3. The van der Waals surface area contributed by atoms with Crippen LogP contribution in [0.2, 0.25) is 0 Å². The summed E-state index contributed by atoms with van der Waals surface area (Å²) in [5.41, 5.74) is 5.09. The molecule has 1 fully saturated rings. The van der Waals surface area contributed by atoms with Crippen molar-refractivity contribution in [1.82, 2.24) is 4.90 Å². The van der Waals surface area contributed by atoms with Crippen LogP contribution in [-0.4, -0.2) is 41.6 Å². The monoisotopic (exact) mass is 228 g/mol. The Morgan fingerprint density at radius 1 is 1.38 bits per heavy atom. The average molecular weight is 228 g/mol. The standard InChI is InChI=1S/C12H24N2O2/c1-9(2)16-12(3,4)11(15)14-7-5-10(13)6-8-14/h9-10H,5-8,13H2,1-4H3. The summed E-state index contributed by atoms with van der Waals surface area (Å²) in [4.78, 5) is 14.1. The SMILES string of the molecule is CC(C)OC(C)(C)C(=O)N1CCC(N)CC1. The van der Waals surface area contributed by atoms with Crippen LogP contribution in [0, 0.1) is 0 Å². The first kappa shape index (κ1) is 13.5. The summed E-state index contributed by atoms with van der Waals surface area (Å²) in [5, 5.41) is 0. The van der Waals surface area contributed by atoms with Gasteiger partial charge in [0.2, 0.25) is 0 Å². The van der Waals surface area contributed by atoms with E-state index in [0.717, 1.165) is 25.9 Å². The van der Waals surface area contributed by atoms with Crippen LogP contribution in [0.5, 0.6) is 0 Å². The molecule has 4 heteroatoms. The highest BCUT2D eigenvalue weighted by Gasteiger charge is 2.35. The zero-order chi connectivity index (χ0) is 12.3. The molecule has 0 atom stereocenters. The van der Waals surface area contributed by atoms with E-state index >= 15 is 0 Å². The van der Waals surface area contributed by atoms with Crippen LogP contribution < -0.4 is 5.73 Å². The predicted molar refractivity (Wildman–Crippen MR) is 64.1 cm³/mol. The molecule has 1 aliphatic heterocycles. The fourth-order valence-electron chi connectivity index (χ4n) is 2.12. The maximum Gasteiger partial charge on any atom is 0.254 e. The number of nitrogens with zero attached hydrogens (tertiary/aromatic N) is 1. The molecule has 0 saturated carbocycles. The Balaban J connectivity index is 2.56. The van der Waals surface area contributed by atoms with E-state index in [1.807, 2.05) is 32.6 Å². The first-order valence-electron chi connectivity index (χ1n) is 6.05. The van der Waals surface area contributed by atoms with Crippen LogP contribution in [0.1, 0.15) is 40.5 Å². The fourth-order valence-corrected chi connectivity index (χ4v) is 2.12. The maximum absolute atomic E-state index is 12.2. The van der Waals surface area contributed by atoms with Crippen LogP contribution in [-0.2, 0) is 9.53 Å². The molecule has 94 valence electrons. The quantitative estimate of drug-likeness (QED) is 0.788. The topological polar surface area (TPSA) is 55.6 Å². The minimum atomic E-state index is -0.727. The number of hydrogen-bond acceptors (Lipinski definition) is 3. The second kappa shape index (κ2) is 5.15. The van der Waals surface area contributed by atoms with Gasteiger partial charge in [-0.2, -0.15) is 0 Å². The van der Waals surface area contributed by atoms with Crippen molar-refractivity contribution >= 4 is 5.91 Å². The number of nitrogens with two attached hydrogens (primary N) is 1. The van der Waals surface area contributed by atoms with E-state index in [2.05, 4.69) is 0 Å². The number of amides is 1. The number of carbonyl (C=O) groups is 1. The van der Waals surface area contributed by atoms with Gasteiger partial charge in [0.25, 0.3) is 5.91 Å². The molecule has 1 heterocycles. The molecule has 0 unspecified atom stereocenters. The predicted octanol–water partition coefficient (Wildman–Crippen LogP) is 1.14. The zero-order valence-corrected chi connectivity index (χ0v) is 10.8. The van der Waals surface area contributed by atoms with Gasteiger partial charge in [-0.15, -0.1) is 0 Å². The molecular weight excluding hydrogens is 204 g/mol. The van der Waals surface area contributed by atoms with Gasteiger partial charge in [0, 0.05) is 19.1 Å². The van der Waals surface area contributed by atoms with Gasteiger partial charge < -0.3 is 15.4 Å². The van der Waals surface area contributed by atoms with Gasteiger partial charge >= 0.3 is 0 Å². The summed E-state index contributed by atoms with van der Waals surface area (Å²) in [6, 6.07) is 0.248. The van der Waals surface area contributed by atoms with Crippen molar-refractivity contribution in [3.05, 3.63) is 0 Å². The molecule has 0 aromatic carbocycles. The average Bonchev–Trinajstić information content (AvgIpc) is 2.16. The molecule has 0 aliphatic carbocycles. The van der Waals surface area contributed by atoms with Gasteiger partial charge in [0.05, 0.1) is 6.10 Å². The normalized spacial score (nSPS) is 19.2. The lowest BCUT2D eigenvalue weighted by molar-refractivity contribution is -0.160. The Labute approximate surface area is 98.1 Å². The molecule has 1 aliphatic rings. The molecule has 16 heavy (non-hydrogen) atoms. The molecule has 0 radical (unpaired) electrons. The molecule has 1 rings (SSSR count). The van der Waals surface area contributed by atoms with Gasteiger partial charge in [-0.05, 0) is 40.5 Å². The zero-order valence-electron chi connectivity index (χ0n) is 10.8. The van der Waals surface area contributed by atoms with Gasteiger partial charge in [-0.1, -0.05) is 0 Å².